The maximum absolute atomic E-state index is 12.6. The van der Waals surface area contributed by atoms with Gasteiger partial charge in [-0.1, -0.05) is 6.07 Å². The van der Waals surface area contributed by atoms with Crippen LogP contribution in [-0.4, -0.2) is 34.4 Å². The average molecular weight is 423 g/mol. The van der Waals surface area contributed by atoms with Gasteiger partial charge in [-0.15, -0.1) is 11.8 Å². The van der Waals surface area contributed by atoms with E-state index in [4.69, 9.17) is 0 Å². The van der Waals surface area contributed by atoms with E-state index in [2.05, 4.69) is 26.3 Å². The Labute approximate surface area is 156 Å². The monoisotopic (exact) mass is 422 g/mol. The molecule has 1 aliphatic heterocycles. The molecule has 1 aliphatic rings. The molecule has 2 amide bonds. The van der Waals surface area contributed by atoms with Crippen LogP contribution in [-0.2, 0) is 16.1 Å². The molecule has 0 unspecified atom stereocenters. The standard InChI is InChI=1S/C16H15BrN4O3S/c1-9-3-4-11(10(17)5-9)19-13(22)7-21-16(24)15-12(6-18-21)25-8-14(23)20(15)2/h3-6H,7-8H2,1-2H3,(H,19,22). The van der Waals surface area contributed by atoms with Gasteiger partial charge < -0.3 is 10.2 Å². The Kier molecular flexibility index (Phi) is 4.96. The Morgan fingerprint density at radius 1 is 1.40 bits per heavy atom. The van der Waals surface area contributed by atoms with E-state index < -0.39 is 5.56 Å². The van der Waals surface area contributed by atoms with Crippen molar-refractivity contribution in [2.75, 3.05) is 23.0 Å². The summed E-state index contributed by atoms with van der Waals surface area (Å²) >= 11 is 4.67. The number of thioether (sulfide) groups is 1. The Morgan fingerprint density at radius 2 is 2.16 bits per heavy atom. The van der Waals surface area contributed by atoms with Gasteiger partial charge in [-0.25, -0.2) is 4.68 Å². The molecule has 130 valence electrons. The van der Waals surface area contributed by atoms with E-state index >= 15 is 0 Å². The number of nitrogens with one attached hydrogen (secondary N) is 1. The summed E-state index contributed by atoms with van der Waals surface area (Å²) in [6.07, 6.45) is 1.51. The number of carbonyl (C=O) groups is 2. The summed E-state index contributed by atoms with van der Waals surface area (Å²) in [6.45, 7) is 1.71. The quantitative estimate of drug-likeness (QED) is 0.817. The van der Waals surface area contributed by atoms with Gasteiger partial charge in [0.05, 0.1) is 22.5 Å². The number of rotatable bonds is 3. The second-order valence-electron chi connectivity index (χ2n) is 5.59. The first-order chi connectivity index (χ1) is 11.9. The van der Waals surface area contributed by atoms with Crippen molar-refractivity contribution in [1.29, 1.82) is 0 Å². The Morgan fingerprint density at radius 3 is 2.88 bits per heavy atom. The van der Waals surface area contributed by atoms with Crippen LogP contribution in [0.5, 0.6) is 0 Å². The maximum Gasteiger partial charge on any atom is 0.292 e. The second-order valence-corrected chi connectivity index (χ2v) is 7.46. The number of aryl methyl sites for hydroxylation is 1. The molecule has 0 bridgehead atoms. The fourth-order valence-corrected chi connectivity index (χ4v) is 3.95. The Balaban J connectivity index is 1.82. The summed E-state index contributed by atoms with van der Waals surface area (Å²) in [5.41, 5.74) is 1.48. The number of hydrogen-bond acceptors (Lipinski definition) is 5. The SMILES string of the molecule is Cc1ccc(NC(=O)Cn2ncc3c(c2=O)N(C)C(=O)CS3)c(Br)c1. The van der Waals surface area contributed by atoms with Gasteiger partial charge in [-0.2, -0.15) is 5.10 Å². The van der Waals surface area contributed by atoms with Crippen LogP contribution in [0.3, 0.4) is 0 Å². The highest BCUT2D eigenvalue weighted by molar-refractivity contribution is 9.10. The van der Waals surface area contributed by atoms with E-state index in [1.54, 1.807) is 13.1 Å². The number of halogens is 1. The molecule has 2 heterocycles. The molecule has 2 aromatic rings. The van der Waals surface area contributed by atoms with E-state index in [9.17, 15) is 14.4 Å². The number of fused-ring (bicyclic) bond motifs is 1. The number of aromatic nitrogens is 2. The number of nitrogens with zero attached hydrogens (tertiary/aromatic N) is 3. The first-order valence-electron chi connectivity index (χ1n) is 7.42. The lowest BCUT2D eigenvalue weighted by molar-refractivity contribution is -0.117. The second kappa shape index (κ2) is 7.01. The van der Waals surface area contributed by atoms with Crippen molar-refractivity contribution in [3.05, 3.63) is 44.8 Å². The number of hydrogen-bond donors (Lipinski definition) is 1. The molecule has 1 aromatic heterocycles. The highest BCUT2D eigenvalue weighted by Crippen LogP contribution is 2.30. The van der Waals surface area contributed by atoms with Crippen molar-refractivity contribution in [3.63, 3.8) is 0 Å². The van der Waals surface area contributed by atoms with E-state index in [1.807, 2.05) is 19.1 Å². The molecule has 1 N–H and O–H groups in total. The molecule has 0 fully saturated rings. The molecular formula is C16H15BrN4O3S. The summed E-state index contributed by atoms with van der Waals surface area (Å²) in [6, 6.07) is 5.54. The summed E-state index contributed by atoms with van der Waals surface area (Å²) in [5.74, 6) is -0.256. The Bertz CT molecular complexity index is 928. The minimum absolute atomic E-state index is 0.152. The molecule has 7 nitrogen and oxygen atoms in total. The van der Waals surface area contributed by atoms with Gasteiger partial charge in [0.25, 0.3) is 5.56 Å². The Hall–Kier alpha value is -2.13. The van der Waals surface area contributed by atoms with E-state index in [0.29, 0.717) is 10.6 Å². The van der Waals surface area contributed by atoms with Crippen LogP contribution in [0.2, 0.25) is 0 Å². The van der Waals surface area contributed by atoms with Gasteiger partial charge in [0.1, 0.15) is 12.2 Å². The zero-order valence-corrected chi connectivity index (χ0v) is 16.0. The molecule has 3 rings (SSSR count). The van der Waals surface area contributed by atoms with Crippen molar-refractivity contribution in [2.45, 2.75) is 18.4 Å². The fourth-order valence-electron chi connectivity index (χ4n) is 2.40. The predicted octanol–water partition coefficient (Wildman–Crippen LogP) is 2.02. The first-order valence-corrected chi connectivity index (χ1v) is 9.20. The number of anilines is 2. The van der Waals surface area contributed by atoms with E-state index in [-0.39, 0.29) is 29.8 Å². The van der Waals surface area contributed by atoms with Gasteiger partial charge in [-0.3, -0.25) is 14.4 Å². The molecule has 0 radical (unpaired) electrons. The number of carbonyl (C=O) groups excluding carboxylic acids is 2. The summed E-state index contributed by atoms with van der Waals surface area (Å²) < 4.78 is 1.82. The lowest BCUT2D eigenvalue weighted by Crippen LogP contribution is -2.40. The molecule has 1 aromatic carbocycles. The largest absolute Gasteiger partial charge is 0.323 e. The molecule has 0 atom stereocenters. The van der Waals surface area contributed by atoms with E-state index in [1.165, 1.54) is 22.9 Å². The molecule has 0 saturated heterocycles. The molecular weight excluding hydrogens is 408 g/mol. The van der Waals surface area contributed by atoms with Crippen molar-refractivity contribution >= 4 is 50.9 Å². The zero-order valence-electron chi connectivity index (χ0n) is 13.6. The molecule has 0 spiro atoms. The predicted molar refractivity (Wildman–Crippen MR) is 100 cm³/mol. The lowest BCUT2D eigenvalue weighted by Gasteiger charge is -2.24. The minimum atomic E-state index is -0.460. The third-order valence-corrected chi connectivity index (χ3v) is 5.39. The van der Waals surface area contributed by atoms with Gasteiger partial charge in [0, 0.05) is 11.5 Å². The smallest absolute Gasteiger partial charge is 0.292 e. The van der Waals surface area contributed by atoms with Gasteiger partial charge in [0.15, 0.2) is 0 Å². The first kappa shape index (κ1) is 17.7. The molecule has 9 heteroatoms. The third-order valence-electron chi connectivity index (χ3n) is 3.74. The van der Waals surface area contributed by atoms with Gasteiger partial charge in [-0.05, 0) is 40.5 Å². The van der Waals surface area contributed by atoms with Crippen LogP contribution in [0.4, 0.5) is 11.4 Å². The van der Waals surface area contributed by atoms with Crippen LogP contribution in [0.1, 0.15) is 5.56 Å². The van der Waals surface area contributed by atoms with Crippen LogP contribution >= 0.6 is 27.7 Å². The van der Waals surface area contributed by atoms with E-state index in [0.717, 1.165) is 14.7 Å². The highest BCUT2D eigenvalue weighted by atomic mass is 79.9. The third kappa shape index (κ3) is 3.62. The summed E-state index contributed by atoms with van der Waals surface area (Å²) in [4.78, 5) is 38.6. The van der Waals surface area contributed by atoms with Gasteiger partial charge in [0.2, 0.25) is 11.8 Å². The van der Waals surface area contributed by atoms with Crippen molar-refractivity contribution in [1.82, 2.24) is 9.78 Å². The van der Waals surface area contributed by atoms with Crippen LogP contribution in [0.25, 0.3) is 0 Å². The summed E-state index contributed by atoms with van der Waals surface area (Å²) in [5, 5.41) is 6.78. The normalized spacial score (nSPS) is 13.6. The average Bonchev–Trinajstić information content (AvgIpc) is 2.56. The van der Waals surface area contributed by atoms with Crippen molar-refractivity contribution < 1.29 is 9.59 Å². The topological polar surface area (TPSA) is 84.3 Å². The zero-order chi connectivity index (χ0) is 18.1. The number of amides is 2. The minimum Gasteiger partial charge on any atom is -0.323 e. The fraction of sp³-hybridized carbons (Fsp3) is 0.250. The summed E-state index contributed by atoms with van der Waals surface area (Å²) in [7, 11) is 1.55. The van der Waals surface area contributed by atoms with Crippen LogP contribution in [0, 0.1) is 6.92 Å². The molecule has 0 saturated carbocycles. The van der Waals surface area contributed by atoms with Crippen LogP contribution in [0.15, 0.2) is 38.6 Å². The van der Waals surface area contributed by atoms with Gasteiger partial charge >= 0.3 is 0 Å². The lowest BCUT2D eigenvalue weighted by atomic mass is 10.2. The number of benzene rings is 1. The highest BCUT2D eigenvalue weighted by Gasteiger charge is 2.26. The molecule has 0 aliphatic carbocycles. The van der Waals surface area contributed by atoms with Crippen LogP contribution < -0.4 is 15.8 Å². The maximum atomic E-state index is 12.6. The van der Waals surface area contributed by atoms with Crippen molar-refractivity contribution in [2.24, 2.45) is 0 Å². The molecule has 25 heavy (non-hydrogen) atoms. The van der Waals surface area contributed by atoms with Crippen molar-refractivity contribution in [3.8, 4) is 0 Å².